The van der Waals surface area contributed by atoms with E-state index >= 15 is 0 Å². The van der Waals surface area contributed by atoms with Crippen molar-refractivity contribution in [2.45, 2.75) is 19.9 Å². The number of aryl methyl sites for hydroxylation is 2. The average Bonchev–Trinajstić information content (AvgIpc) is 2.77. The Hall–Kier alpha value is -1.72. The molecule has 0 fully saturated rings. The molecule has 1 aromatic carbocycles. The van der Waals surface area contributed by atoms with E-state index in [1.54, 1.807) is 13.0 Å². The molecule has 0 saturated heterocycles. The molecule has 0 spiro atoms. The predicted octanol–water partition coefficient (Wildman–Crippen LogP) is 2.73. The van der Waals surface area contributed by atoms with Crippen LogP contribution in [0.1, 0.15) is 28.5 Å². The molecule has 1 unspecified atom stereocenters. The Balaban J connectivity index is 2.49. The van der Waals surface area contributed by atoms with Gasteiger partial charge in [0.2, 0.25) is 0 Å². The van der Waals surface area contributed by atoms with E-state index in [0.29, 0.717) is 11.3 Å². The topological polar surface area (TPSA) is 51.2 Å². The monoisotopic (exact) mass is 252 g/mol. The van der Waals surface area contributed by atoms with Crippen LogP contribution in [0, 0.1) is 25.5 Å². The van der Waals surface area contributed by atoms with Crippen LogP contribution in [0.15, 0.2) is 28.9 Å². The molecule has 0 aliphatic carbocycles. The number of furan rings is 1. The smallest absolute Gasteiger partial charge is 0.164 e. The Morgan fingerprint density at radius 2 is 1.94 bits per heavy atom. The third-order valence-corrected chi connectivity index (χ3v) is 2.87. The third-order valence-electron chi connectivity index (χ3n) is 2.87. The average molecular weight is 252 g/mol. The van der Waals surface area contributed by atoms with Gasteiger partial charge in [0, 0.05) is 11.1 Å². The lowest BCUT2D eigenvalue weighted by atomic mass is 9.99. The first-order chi connectivity index (χ1) is 8.54. The number of hydrazine groups is 1. The van der Waals surface area contributed by atoms with E-state index in [4.69, 9.17) is 10.3 Å². The van der Waals surface area contributed by atoms with E-state index in [1.165, 1.54) is 25.3 Å². The van der Waals surface area contributed by atoms with Crippen LogP contribution in [0.4, 0.5) is 8.78 Å². The molecule has 96 valence electrons. The lowest BCUT2D eigenvalue weighted by Gasteiger charge is -2.16. The third kappa shape index (κ3) is 2.14. The fraction of sp³-hybridized carbons (Fsp3) is 0.231. The van der Waals surface area contributed by atoms with E-state index in [1.807, 2.05) is 0 Å². The summed E-state index contributed by atoms with van der Waals surface area (Å²) in [6, 6.07) is 4.12. The molecule has 3 nitrogen and oxygen atoms in total. The van der Waals surface area contributed by atoms with Crippen LogP contribution >= 0.6 is 0 Å². The molecule has 0 amide bonds. The van der Waals surface area contributed by atoms with Crippen molar-refractivity contribution in [2.75, 3.05) is 0 Å². The molecular weight excluding hydrogens is 238 g/mol. The van der Waals surface area contributed by atoms with Crippen LogP contribution < -0.4 is 11.3 Å². The second-order valence-corrected chi connectivity index (χ2v) is 4.19. The molecule has 18 heavy (non-hydrogen) atoms. The molecule has 1 heterocycles. The number of benzene rings is 1. The van der Waals surface area contributed by atoms with E-state index in [9.17, 15) is 8.78 Å². The predicted molar refractivity (Wildman–Crippen MR) is 63.7 cm³/mol. The minimum absolute atomic E-state index is 0.154. The Labute approximate surface area is 104 Å². The highest BCUT2D eigenvalue weighted by Gasteiger charge is 2.21. The lowest BCUT2D eigenvalue weighted by Crippen LogP contribution is -2.29. The van der Waals surface area contributed by atoms with Crippen LogP contribution in [0.3, 0.4) is 0 Å². The van der Waals surface area contributed by atoms with Gasteiger partial charge >= 0.3 is 0 Å². The van der Waals surface area contributed by atoms with Gasteiger partial charge in [-0.3, -0.25) is 5.84 Å². The van der Waals surface area contributed by atoms with Gasteiger partial charge in [0.05, 0.1) is 12.3 Å². The number of nitrogens with one attached hydrogen (secondary N) is 1. The Morgan fingerprint density at radius 3 is 2.50 bits per heavy atom. The summed E-state index contributed by atoms with van der Waals surface area (Å²) in [7, 11) is 0. The number of halogens is 2. The van der Waals surface area contributed by atoms with Crippen molar-refractivity contribution >= 4 is 0 Å². The van der Waals surface area contributed by atoms with Crippen LogP contribution in [0.25, 0.3) is 0 Å². The molecule has 3 N–H and O–H groups in total. The van der Waals surface area contributed by atoms with Gasteiger partial charge in [0.15, 0.2) is 11.6 Å². The minimum atomic E-state index is -0.892. The lowest BCUT2D eigenvalue weighted by molar-refractivity contribution is 0.476. The summed E-state index contributed by atoms with van der Waals surface area (Å²) in [6.45, 7) is 3.28. The Morgan fingerprint density at radius 1 is 1.22 bits per heavy atom. The zero-order valence-corrected chi connectivity index (χ0v) is 10.1. The fourth-order valence-electron chi connectivity index (χ4n) is 1.86. The van der Waals surface area contributed by atoms with Gasteiger partial charge in [0.1, 0.15) is 5.76 Å². The quantitative estimate of drug-likeness (QED) is 0.652. The second kappa shape index (κ2) is 4.88. The molecule has 0 aliphatic heterocycles. The molecule has 2 rings (SSSR count). The summed E-state index contributed by atoms with van der Waals surface area (Å²) >= 11 is 0. The molecule has 5 heteroatoms. The molecule has 2 aromatic rings. The van der Waals surface area contributed by atoms with Gasteiger partial charge in [-0.25, -0.2) is 14.2 Å². The van der Waals surface area contributed by atoms with E-state index in [2.05, 4.69) is 5.43 Å². The standard InChI is InChI=1S/C13H14F2N2O/c1-7-3-4-10(12(15)11(7)14)13(17-16)9-5-8(2)18-6-9/h3-6,13,17H,16H2,1-2H3. The first kappa shape index (κ1) is 12.7. The number of rotatable bonds is 3. The summed E-state index contributed by atoms with van der Waals surface area (Å²) < 4.78 is 32.6. The summed E-state index contributed by atoms with van der Waals surface area (Å²) in [5.74, 6) is 4.36. The number of hydrogen-bond donors (Lipinski definition) is 2. The number of hydrogen-bond acceptors (Lipinski definition) is 3. The van der Waals surface area contributed by atoms with Crippen LogP contribution in [0.5, 0.6) is 0 Å². The van der Waals surface area contributed by atoms with Crippen molar-refractivity contribution in [3.05, 3.63) is 58.5 Å². The van der Waals surface area contributed by atoms with Gasteiger partial charge in [-0.1, -0.05) is 12.1 Å². The van der Waals surface area contributed by atoms with Crippen LogP contribution in [0.2, 0.25) is 0 Å². The summed E-state index contributed by atoms with van der Waals surface area (Å²) in [6.07, 6.45) is 1.47. The van der Waals surface area contributed by atoms with Crippen LogP contribution in [-0.4, -0.2) is 0 Å². The zero-order chi connectivity index (χ0) is 13.3. The maximum atomic E-state index is 13.9. The molecular formula is C13H14F2N2O. The molecule has 1 aromatic heterocycles. The maximum Gasteiger partial charge on any atom is 0.164 e. The first-order valence-electron chi connectivity index (χ1n) is 5.50. The van der Waals surface area contributed by atoms with Crippen molar-refractivity contribution in [2.24, 2.45) is 5.84 Å². The molecule has 1 atom stereocenters. The normalized spacial score (nSPS) is 12.7. The van der Waals surface area contributed by atoms with Gasteiger partial charge in [-0.05, 0) is 25.5 Å². The summed E-state index contributed by atoms with van der Waals surface area (Å²) in [4.78, 5) is 0. The SMILES string of the molecule is Cc1cc(C(NN)c2ccc(C)c(F)c2F)co1. The van der Waals surface area contributed by atoms with Crippen molar-refractivity contribution in [3.63, 3.8) is 0 Å². The Bertz CT molecular complexity index is 566. The van der Waals surface area contributed by atoms with Gasteiger partial charge in [0.25, 0.3) is 0 Å². The van der Waals surface area contributed by atoms with Crippen molar-refractivity contribution < 1.29 is 13.2 Å². The second-order valence-electron chi connectivity index (χ2n) is 4.19. The molecule has 0 bridgehead atoms. The summed E-state index contributed by atoms with van der Waals surface area (Å²) in [5, 5.41) is 0. The molecule has 0 radical (unpaired) electrons. The first-order valence-corrected chi connectivity index (χ1v) is 5.50. The van der Waals surface area contributed by atoms with E-state index < -0.39 is 17.7 Å². The maximum absolute atomic E-state index is 13.9. The minimum Gasteiger partial charge on any atom is -0.469 e. The van der Waals surface area contributed by atoms with Crippen molar-refractivity contribution in [1.82, 2.24) is 5.43 Å². The van der Waals surface area contributed by atoms with Crippen LogP contribution in [-0.2, 0) is 0 Å². The Kier molecular flexibility index (Phi) is 3.45. The van der Waals surface area contributed by atoms with E-state index in [0.717, 1.165) is 0 Å². The highest BCUT2D eigenvalue weighted by molar-refractivity contribution is 5.34. The largest absolute Gasteiger partial charge is 0.469 e. The fourth-order valence-corrected chi connectivity index (χ4v) is 1.86. The van der Waals surface area contributed by atoms with Crippen molar-refractivity contribution in [3.8, 4) is 0 Å². The molecule has 0 saturated carbocycles. The van der Waals surface area contributed by atoms with Gasteiger partial charge < -0.3 is 4.42 Å². The highest BCUT2D eigenvalue weighted by Crippen LogP contribution is 2.27. The number of nitrogens with two attached hydrogens (primary N) is 1. The summed E-state index contributed by atoms with van der Waals surface area (Å²) in [5.41, 5.74) is 3.53. The van der Waals surface area contributed by atoms with Gasteiger partial charge in [-0.15, -0.1) is 0 Å². The zero-order valence-electron chi connectivity index (χ0n) is 10.1. The van der Waals surface area contributed by atoms with E-state index in [-0.39, 0.29) is 11.1 Å². The van der Waals surface area contributed by atoms with Gasteiger partial charge in [-0.2, -0.15) is 0 Å². The highest BCUT2D eigenvalue weighted by atomic mass is 19.2. The molecule has 0 aliphatic rings. The van der Waals surface area contributed by atoms with Crippen molar-refractivity contribution in [1.29, 1.82) is 0 Å².